The Kier molecular flexibility index (Phi) is 7.61. The van der Waals surface area contributed by atoms with Gasteiger partial charge in [0.05, 0.1) is 13.2 Å². The number of hydrogen-bond acceptors (Lipinski definition) is 3. The summed E-state index contributed by atoms with van der Waals surface area (Å²) in [5.74, 6) is 0.135. The molecule has 0 atom stereocenters. The van der Waals surface area contributed by atoms with E-state index in [1.807, 2.05) is 20.8 Å². The minimum Gasteiger partial charge on any atom is -0.379 e. The second kappa shape index (κ2) is 7.83. The van der Waals surface area contributed by atoms with E-state index in [0.717, 1.165) is 19.4 Å². The Hall–Kier alpha value is -0.410. The van der Waals surface area contributed by atoms with Crippen molar-refractivity contribution >= 4 is 5.78 Å². The van der Waals surface area contributed by atoms with Crippen molar-refractivity contribution in [2.75, 3.05) is 26.4 Å². The van der Waals surface area contributed by atoms with E-state index in [9.17, 15) is 4.79 Å². The molecule has 0 bridgehead atoms. The van der Waals surface area contributed by atoms with Gasteiger partial charge in [0.15, 0.2) is 5.78 Å². The van der Waals surface area contributed by atoms with Gasteiger partial charge in [0.1, 0.15) is 6.61 Å². The van der Waals surface area contributed by atoms with Crippen LogP contribution in [-0.2, 0) is 14.3 Å². The average Bonchev–Trinajstić information content (AvgIpc) is 2.14. The van der Waals surface area contributed by atoms with Crippen molar-refractivity contribution in [3.8, 4) is 0 Å². The highest BCUT2D eigenvalue weighted by molar-refractivity contribution is 5.84. The Balaban J connectivity index is 3.28. The number of Topliss-reactive ketones (excluding diaryl/α,β-unsaturated/α-hetero) is 1. The fourth-order valence-corrected chi connectivity index (χ4v) is 0.848. The van der Waals surface area contributed by atoms with Gasteiger partial charge in [0, 0.05) is 12.0 Å². The molecule has 3 heteroatoms. The first-order valence-corrected chi connectivity index (χ1v) is 5.67. The first-order valence-electron chi connectivity index (χ1n) is 5.67. The molecule has 0 aromatic heterocycles. The van der Waals surface area contributed by atoms with Gasteiger partial charge in [-0.25, -0.2) is 0 Å². The number of ether oxygens (including phenoxy) is 2. The number of hydrogen-bond donors (Lipinski definition) is 0. The summed E-state index contributed by atoms with van der Waals surface area (Å²) in [7, 11) is 0. The fraction of sp³-hybridized carbons (Fsp3) is 0.917. The molecule has 3 nitrogen and oxygen atoms in total. The number of carbonyl (C=O) groups is 1. The molecule has 0 rings (SSSR count). The molecular weight excluding hydrogens is 192 g/mol. The molecule has 0 aliphatic rings. The highest BCUT2D eigenvalue weighted by atomic mass is 16.5. The van der Waals surface area contributed by atoms with Crippen LogP contribution in [0.5, 0.6) is 0 Å². The maximum absolute atomic E-state index is 11.4. The van der Waals surface area contributed by atoms with Crippen molar-refractivity contribution in [3.05, 3.63) is 0 Å². The van der Waals surface area contributed by atoms with Gasteiger partial charge in [-0.2, -0.15) is 0 Å². The third-order valence-electron chi connectivity index (χ3n) is 2.08. The lowest BCUT2D eigenvalue weighted by atomic mass is 9.91. The van der Waals surface area contributed by atoms with E-state index >= 15 is 0 Å². The van der Waals surface area contributed by atoms with Crippen molar-refractivity contribution in [2.45, 2.75) is 40.5 Å². The van der Waals surface area contributed by atoms with Gasteiger partial charge in [-0.1, -0.05) is 34.1 Å². The first-order chi connectivity index (χ1) is 6.98. The van der Waals surface area contributed by atoms with Crippen LogP contribution in [0.4, 0.5) is 0 Å². The largest absolute Gasteiger partial charge is 0.379 e. The van der Waals surface area contributed by atoms with Crippen LogP contribution in [0.3, 0.4) is 0 Å². The van der Waals surface area contributed by atoms with E-state index in [0.29, 0.717) is 13.2 Å². The van der Waals surface area contributed by atoms with Crippen LogP contribution in [0, 0.1) is 5.41 Å². The lowest BCUT2D eigenvalue weighted by Gasteiger charge is -2.16. The molecule has 0 radical (unpaired) electrons. The summed E-state index contributed by atoms with van der Waals surface area (Å²) in [6.07, 6.45) is 2.23. The van der Waals surface area contributed by atoms with Gasteiger partial charge in [-0.15, -0.1) is 0 Å². The van der Waals surface area contributed by atoms with Crippen LogP contribution in [0.1, 0.15) is 40.5 Å². The number of carbonyl (C=O) groups excluding carboxylic acids is 1. The molecule has 0 aromatic carbocycles. The number of ketones is 1. The van der Waals surface area contributed by atoms with E-state index in [-0.39, 0.29) is 17.8 Å². The summed E-state index contributed by atoms with van der Waals surface area (Å²) in [5, 5.41) is 0. The molecule has 0 amide bonds. The van der Waals surface area contributed by atoms with Crippen LogP contribution < -0.4 is 0 Å². The van der Waals surface area contributed by atoms with Crippen molar-refractivity contribution in [1.29, 1.82) is 0 Å². The fourth-order valence-electron chi connectivity index (χ4n) is 0.848. The highest BCUT2D eigenvalue weighted by Gasteiger charge is 2.20. The van der Waals surface area contributed by atoms with Crippen LogP contribution in [-0.4, -0.2) is 32.2 Å². The lowest BCUT2D eigenvalue weighted by molar-refractivity contribution is -0.131. The zero-order chi connectivity index (χ0) is 11.7. The summed E-state index contributed by atoms with van der Waals surface area (Å²) < 4.78 is 10.5. The van der Waals surface area contributed by atoms with E-state index in [4.69, 9.17) is 9.47 Å². The van der Waals surface area contributed by atoms with E-state index in [1.165, 1.54) is 0 Å². The van der Waals surface area contributed by atoms with Crippen LogP contribution in [0.15, 0.2) is 0 Å². The Morgan fingerprint density at radius 1 is 1.07 bits per heavy atom. The SMILES string of the molecule is CCCCOCCOCC(=O)C(C)(C)C. The second-order valence-electron chi connectivity index (χ2n) is 4.69. The molecule has 90 valence electrons. The average molecular weight is 216 g/mol. The molecule has 0 N–H and O–H groups in total. The van der Waals surface area contributed by atoms with Gasteiger partial charge < -0.3 is 9.47 Å². The van der Waals surface area contributed by atoms with Crippen molar-refractivity contribution in [2.24, 2.45) is 5.41 Å². The van der Waals surface area contributed by atoms with Crippen molar-refractivity contribution in [3.63, 3.8) is 0 Å². The molecule has 0 saturated heterocycles. The Labute approximate surface area is 93.1 Å². The Bertz CT molecular complexity index is 170. The van der Waals surface area contributed by atoms with Gasteiger partial charge in [-0.3, -0.25) is 4.79 Å². The molecule has 0 heterocycles. The topological polar surface area (TPSA) is 35.5 Å². The summed E-state index contributed by atoms with van der Waals surface area (Å²) in [5.41, 5.74) is -0.303. The zero-order valence-electron chi connectivity index (χ0n) is 10.5. The predicted octanol–water partition coefficient (Wildman–Crippen LogP) is 2.43. The van der Waals surface area contributed by atoms with Crippen LogP contribution in [0.25, 0.3) is 0 Å². The normalized spacial score (nSPS) is 11.7. The maximum atomic E-state index is 11.4. The summed E-state index contributed by atoms with van der Waals surface area (Å²) >= 11 is 0. The highest BCUT2D eigenvalue weighted by Crippen LogP contribution is 2.14. The molecule has 0 unspecified atom stereocenters. The smallest absolute Gasteiger partial charge is 0.163 e. The summed E-state index contributed by atoms with van der Waals surface area (Å²) in [4.78, 5) is 11.4. The third kappa shape index (κ3) is 8.58. The molecule has 0 aliphatic heterocycles. The van der Waals surface area contributed by atoms with E-state index in [2.05, 4.69) is 6.92 Å². The lowest BCUT2D eigenvalue weighted by Crippen LogP contribution is -2.25. The molecule has 0 aromatic rings. The van der Waals surface area contributed by atoms with Crippen molar-refractivity contribution in [1.82, 2.24) is 0 Å². The molecule has 0 aliphatic carbocycles. The van der Waals surface area contributed by atoms with Gasteiger partial charge in [-0.05, 0) is 6.42 Å². The standard InChI is InChI=1S/C12H24O3/c1-5-6-7-14-8-9-15-10-11(13)12(2,3)4/h5-10H2,1-4H3. The predicted molar refractivity (Wildman–Crippen MR) is 61.0 cm³/mol. The van der Waals surface area contributed by atoms with Gasteiger partial charge >= 0.3 is 0 Å². The first kappa shape index (κ1) is 14.6. The van der Waals surface area contributed by atoms with Crippen LogP contribution >= 0.6 is 0 Å². The monoisotopic (exact) mass is 216 g/mol. The quantitative estimate of drug-likeness (QED) is 0.585. The Morgan fingerprint density at radius 3 is 2.20 bits per heavy atom. The maximum Gasteiger partial charge on any atom is 0.163 e. The summed E-state index contributed by atoms with van der Waals surface area (Å²) in [6, 6.07) is 0. The van der Waals surface area contributed by atoms with Crippen LogP contribution in [0.2, 0.25) is 0 Å². The molecule has 0 spiro atoms. The zero-order valence-corrected chi connectivity index (χ0v) is 10.5. The van der Waals surface area contributed by atoms with E-state index in [1.54, 1.807) is 0 Å². The van der Waals surface area contributed by atoms with Gasteiger partial charge in [0.25, 0.3) is 0 Å². The van der Waals surface area contributed by atoms with Crippen molar-refractivity contribution < 1.29 is 14.3 Å². The molecule has 0 fully saturated rings. The molecule has 15 heavy (non-hydrogen) atoms. The minimum absolute atomic E-state index is 0.135. The Morgan fingerprint density at radius 2 is 1.67 bits per heavy atom. The summed E-state index contributed by atoms with van der Waals surface area (Å²) in [6.45, 7) is 9.89. The van der Waals surface area contributed by atoms with Gasteiger partial charge in [0.2, 0.25) is 0 Å². The molecule has 0 saturated carbocycles. The van der Waals surface area contributed by atoms with E-state index < -0.39 is 0 Å². The molecular formula is C12H24O3. The third-order valence-corrected chi connectivity index (χ3v) is 2.08. The minimum atomic E-state index is -0.303. The second-order valence-corrected chi connectivity index (χ2v) is 4.69. The number of unbranched alkanes of at least 4 members (excludes halogenated alkanes) is 1. The number of rotatable bonds is 8.